The second kappa shape index (κ2) is 7.93. The lowest BCUT2D eigenvalue weighted by Crippen LogP contribution is -2.32. The first-order chi connectivity index (χ1) is 15.5. The van der Waals surface area contributed by atoms with Crippen LogP contribution in [0.1, 0.15) is 39.4 Å². The van der Waals surface area contributed by atoms with E-state index in [9.17, 15) is 9.59 Å². The Morgan fingerprint density at radius 2 is 1.66 bits per heavy atom. The van der Waals surface area contributed by atoms with Crippen molar-refractivity contribution in [1.82, 2.24) is 15.0 Å². The van der Waals surface area contributed by atoms with Crippen molar-refractivity contribution < 1.29 is 23.6 Å². The van der Waals surface area contributed by atoms with E-state index >= 15 is 0 Å². The third-order valence-electron chi connectivity index (χ3n) is 5.15. The van der Waals surface area contributed by atoms with Crippen LogP contribution in [0.25, 0.3) is 10.6 Å². The van der Waals surface area contributed by atoms with Gasteiger partial charge in [0.25, 0.3) is 17.0 Å². The van der Waals surface area contributed by atoms with Crippen molar-refractivity contribution in [3.63, 3.8) is 0 Å². The van der Waals surface area contributed by atoms with Gasteiger partial charge in [-0.2, -0.15) is 0 Å². The summed E-state index contributed by atoms with van der Waals surface area (Å²) in [6.07, 6.45) is 1.64. The SMILES string of the molecule is COc1ccc(Oc2ncc(-c3cc(C(C)N4C(=O)c5ccccc5C4=O)on3)s2)cc1. The Labute approximate surface area is 187 Å². The average Bonchev–Trinajstić information content (AvgIpc) is 3.54. The molecule has 0 saturated heterocycles. The summed E-state index contributed by atoms with van der Waals surface area (Å²) in [4.78, 5) is 31.7. The van der Waals surface area contributed by atoms with Crippen LogP contribution in [0.3, 0.4) is 0 Å². The van der Waals surface area contributed by atoms with E-state index in [0.717, 1.165) is 10.6 Å². The van der Waals surface area contributed by atoms with E-state index in [1.807, 2.05) is 0 Å². The number of amides is 2. The van der Waals surface area contributed by atoms with E-state index in [2.05, 4.69) is 10.1 Å². The summed E-state index contributed by atoms with van der Waals surface area (Å²) in [6, 6.07) is 15.1. The summed E-state index contributed by atoms with van der Waals surface area (Å²) in [6.45, 7) is 1.73. The van der Waals surface area contributed by atoms with Crippen LogP contribution in [0.5, 0.6) is 16.7 Å². The molecule has 2 amide bonds. The Kier molecular flexibility index (Phi) is 4.95. The number of benzene rings is 2. The summed E-state index contributed by atoms with van der Waals surface area (Å²) in [7, 11) is 1.60. The molecule has 1 unspecified atom stereocenters. The zero-order valence-corrected chi connectivity index (χ0v) is 18.0. The standard InChI is InChI=1S/C23H17N3O5S/c1-13(26-21(27)16-5-3-4-6-17(16)22(26)28)19-11-18(25-31-19)20-12-24-23(32-20)30-15-9-7-14(29-2)8-10-15/h3-13H,1-2H3. The molecule has 8 nitrogen and oxygen atoms in total. The number of aromatic nitrogens is 2. The summed E-state index contributed by atoms with van der Waals surface area (Å²) >= 11 is 1.30. The fourth-order valence-electron chi connectivity index (χ4n) is 3.46. The smallest absolute Gasteiger partial charge is 0.279 e. The third-order valence-corrected chi connectivity index (χ3v) is 6.05. The van der Waals surface area contributed by atoms with Gasteiger partial charge in [-0.05, 0) is 43.3 Å². The van der Waals surface area contributed by atoms with Gasteiger partial charge in [-0.1, -0.05) is 28.6 Å². The van der Waals surface area contributed by atoms with Gasteiger partial charge in [-0.15, -0.1) is 0 Å². The maximum atomic E-state index is 12.7. The molecule has 2 aromatic heterocycles. The van der Waals surface area contributed by atoms with Gasteiger partial charge in [0, 0.05) is 6.07 Å². The van der Waals surface area contributed by atoms with E-state index in [1.54, 1.807) is 74.8 Å². The number of nitrogens with zero attached hydrogens (tertiary/aromatic N) is 3. The van der Waals surface area contributed by atoms with Crippen LogP contribution in [0.2, 0.25) is 0 Å². The van der Waals surface area contributed by atoms with Gasteiger partial charge in [-0.3, -0.25) is 14.5 Å². The van der Waals surface area contributed by atoms with Gasteiger partial charge in [0.15, 0.2) is 5.76 Å². The van der Waals surface area contributed by atoms with E-state index in [-0.39, 0.29) is 11.8 Å². The zero-order chi connectivity index (χ0) is 22.2. The molecule has 1 aliphatic heterocycles. The van der Waals surface area contributed by atoms with E-state index in [0.29, 0.717) is 33.5 Å². The van der Waals surface area contributed by atoms with Gasteiger partial charge in [0.1, 0.15) is 17.2 Å². The number of hydrogen-bond acceptors (Lipinski definition) is 8. The van der Waals surface area contributed by atoms with Crippen LogP contribution in [0, 0.1) is 0 Å². The van der Waals surface area contributed by atoms with Gasteiger partial charge in [-0.25, -0.2) is 4.98 Å². The fourth-order valence-corrected chi connectivity index (χ4v) is 4.20. The maximum Gasteiger partial charge on any atom is 0.279 e. The van der Waals surface area contributed by atoms with Crippen molar-refractivity contribution in [1.29, 1.82) is 0 Å². The summed E-state index contributed by atoms with van der Waals surface area (Å²) in [5.41, 5.74) is 1.34. The number of ether oxygens (including phenoxy) is 2. The number of carbonyl (C=O) groups excluding carboxylic acids is 2. The van der Waals surface area contributed by atoms with E-state index in [4.69, 9.17) is 14.0 Å². The highest BCUT2D eigenvalue weighted by atomic mass is 32.1. The highest BCUT2D eigenvalue weighted by Crippen LogP contribution is 2.36. The molecule has 0 saturated carbocycles. The lowest BCUT2D eigenvalue weighted by Gasteiger charge is -2.19. The van der Waals surface area contributed by atoms with Crippen LogP contribution >= 0.6 is 11.3 Å². The number of fused-ring (bicyclic) bond motifs is 1. The van der Waals surface area contributed by atoms with Crippen molar-refractivity contribution in [3.8, 4) is 27.3 Å². The molecule has 32 heavy (non-hydrogen) atoms. The molecule has 9 heteroatoms. The Morgan fingerprint density at radius 1 is 1.00 bits per heavy atom. The third kappa shape index (κ3) is 3.42. The van der Waals surface area contributed by atoms with Gasteiger partial charge in [0.05, 0.1) is 35.4 Å². The van der Waals surface area contributed by atoms with Gasteiger partial charge < -0.3 is 14.0 Å². The Hall–Kier alpha value is -3.98. The predicted octanol–water partition coefficient (Wildman–Crippen LogP) is 4.96. The first-order valence-corrected chi connectivity index (χ1v) is 10.6. The topological polar surface area (TPSA) is 94.8 Å². The summed E-state index contributed by atoms with van der Waals surface area (Å²) < 4.78 is 16.4. The predicted molar refractivity (Wildman–Crippen MR) is 116 cm³/mol. The number of imide groups is 1. The Bertz CT molecular complexity index is 1280. The normalized spacial score (nSPS) is 13.9. The first-order valence-electron chi connectivity index (χ1n) is 9.77. The van der Waals surface area contributed by atoms with Crippen LogP contribution in [-0.2, 0) is 0 Å². The molecule has 0 radical (unpaired) electrons. The highest BCUT2D eigenvalue weighted by Gasteiger charge is 2.40. The minimum absolute atomic E-state index is 0.344. The van der Waals surface area contributed by atoms with Crippen LogP contribution in [-0.4, -0.2) is 34.0 Å². The number of carbonyl (C=O) groups is 2. The quantitative estimate of drug-likeness (QED) is 0.386. The fraction of sp³-hybridized carbons (Fsp3) is 0.130. The van der Waals surface area contributed by atoms with Gasteiger partial charge in [0.2, 0.25) is 0 Å². The van der Waals surface area contributed by atoms with Crippen molar-refractivity contribution in [2.45, 2.75) is 13.0 Å². The molecule has 2 aromatic carbocycles. The van der Waals surface area contributed by atoms with Crippen LogP contribution in [0.4, 0.5) is 0 Å². The molecule has 3 heterocycles. The number of methoxy groups -OCH3 is 1. The Balaban J connectivity index is 1.33. The molecule has 0 N–H and O–H groups in total. The largest absolute Gasteiger partial charge is 0.497 e. The molecule has 160 valence electrons. The van der Waals surface area contributed by atoms with Crippen molar-refractivity contribution in [3.05, 3.63) is 77.7 Å². The maximum absolute atomic E-state index is 12.7. The lowest BCUT2D eigenvalue weighted by molar-refractivity contribution is 0.0573. The van der Waals surface area contributed by atoms with E-state index < -0.39 is 6.04 Å². The average molecular weight is 447 g/mol. The highest BCUT2D eigenvalue weighted by molar-refractivity contribution is 7.16. The number of rotatable bonds is 6. The van der Waals surface area contributed by atoms with Crippen LogP contribution in [0.15, 0.2) is 65.3 Å². The number of hydrogen-bond donors (Lipinski definition) is 0. The van der Waals surface area contributed by atoms with Gasteiger partial charge >= 0.3 is 0 Å². The monoisotopic (exact) mass is 447 g/mol. The first kappa shape index (κ1) is 20.0. The molecule has 0 spiro atoms. The zero-order valence-electron chi connectivity index (χ0n) is 17.1. The molecule has 1 atom stereocenters. The lowest BCUT2D eigenvalue weighted by atomic mass is 10.1. The number of thiazole rings is 1. The molecule has 0 aliphatic carbocycles. The molecule has 1 aliphatic rings. The van der Waals surface area contributed by atoms with Crippen molar-refractivity contribution in [2.75, 3.05) is 7.11 Å². The summed E-state index contributed by atoms with van der Waals surface area (Å²) in [5.74, 6) is 1.08. The summed E-state index contributed by atoms with van der Waals surface area (Å²) in [5, 5.41) is 4.54. The molecule has 0 bridgehead atoms. The molecule has 4 aromatic rings. The molecule has 0 fully saturated rings. The minimum Gasteiger partial charge on any atom is -0.497 e. The van der Waals surface area contributed by atoms with E-state index in [1.165, 1.54) is 16.2 Å². The molecular weight excluding hydrogens is 430 g/mol. The van der Waals surface area contributed by atoms with Crippen molar-refractivity contribution in [2.24, 2.45) is 0 Å². The minimum atomic E-state index is -0.605. The second-order valence-corrected chi connectivity index (χ2v) is 8.08. The van der Waals surface area contributed by atoms with Crippen molar-refractivity contribution >= 4 is 23.2 Å². The molecular formula is C23H17N3O5S. The van der Waals surface area contributed by atoms with Crippen LogP contribution < -0.4 is 9.47 Å². The second-order valence-electron chi connectivity index (χ2n) is 7.08. The Morgan fingerprint density at radius 3 is 2.31 bits per heavy atom. The molecule has 5 rings (SSSR count).